The molecule has 0 radical (unpaired) electrons. The molecule has 2 amide bonds. The zero-order valence-electron chi connectivity index (χ0n) is 14.0. The summed E-state index contributed by atoms with van der Waals surface area (Å²) in [6, 6.07) is 15.4. The number of rotatable bonds is 6. The molecule has 0 aliphatic carbocycles. The van der Waals surface area contributed by atoms with Gasteiger partial charge in [-0.15, -0.1) is 0 Å². The maximum Gasteiger partial charge on any atom is 0.227 e. The summed E-state index contributed by atoms with van der Waals surface area (Å²) in [5.74, 6) is 0.195. The van der Waals surface area contributed by atoms with Gasteiger partial charge in [-0.1, -0.05) is 35.9 Å². The molecule has 1 aliphatic rings. The van der Waals surface area contributed by atoms with Gasteiger partial charge < -0.3 is 10.2 Å². The first-order chi connectivity index (χ1) is 12.1. The second-order valence-corrected chi connectivity index (χ2v) is 6.66. The Hall–Kier alpha value is -2.33. The first-order valence-electron chi connectivity index (χ1n) is 8.52. The highest BCUT2D eigenvalue weighted by Gasteiger charge is 2.21. The highest BCUT2D eigenvalue weighted by atomic mass is 35.5. The lowest BCUT2D eigenvalue weighted by Gasteiger charge is -2.16. The summed E-state index contributed by atoms with van der Waals surface area (Å²) in [5, 5.41) is 3.62. The predicted octanol–water partition coefficient (Wildman–Crippen LogP) is 3.72. The summed E-state index contributed by atoms with van der Waals surface area (Å²) in [6.45, 7) is 1.28. The summed E-state index contributed by atoms with van der Waals surface area (Å²) in [5.41, 5.74) is 3.01. The lowest BCUT2D eigenvalue weighted by Crippen LogP contribution is -2.24. The van der Waals surface area contributed by atoms with Crippen molar-refractivity contribution in [2.45, 2.75) is 32.2 Å². The molecule has 1 saturated heterocycles. The quantitative estimate of drug-likeness (QED) is 0.857. The average Bonchev–Trinajstić information content (AvgIpc) is 3.05. The molecule has 1 aliphatic heterocycles. The molecule has 0 spiro atoms. The Labute approximate surface area is 152 Å². The number of carbonyl (C=O) groups excluding carboxylic acids is 2. The number of benzene rings is 2. The Bertz CT molecular complexity index is 759. The molecule has 0 saturated carbocycles. The highest BCUT2D eigenvalue weighted by Crippen LogP contribution is 2.21. The Kier molecular flexibility index (Phi) is 5.71. The molecule has 1 N–H and O–H groups in total. The fraction of sp³-hybridized carbons (Fsp3) is 0.300. The number of hydrogen-bond donors (Lipinski definition) is 1. The van der Waals surface area contributed by atoms with Crippen molar-refractivity contribution in [1.82, 2.24) is 5.32 Å². The van der Waals surface area contributed by atoms with Crippen LogP contribution >= 0.6 is 11.6 Å². The van der Waals surface area contributed by atoms with Gasteiger partial charge in [-0.3, -0.25) is 9.59 Å². The molecule has 2 aromatic carbocycles. The van der Waals surface area contributed by atoms with E-state index in [4.69, 9.17) is 11.6 Å². The van der Waals surface area contributed by atoms with E-state index in [1.807, 2.05) is 53.4 Å². The number of amides is 2. The Morgan fingerprint density at radius 1 is 1.12 bits per heavy atom. The molecule has 25 heavy (non-hydrogen) atoms. The van der Waals surface area contributed by atoms with Gasteiger partial charge in [-0.05, 0) is 48.2 Å². The van der Waals surface area contributed by atoms with Crippen molar-refractivity contribution in [3.8, 4) is 0 Å². The molecule has 4 nitrogen and oxygen atoms in total. The van der Waals surface area contributed by atoms with E-state index in [0.29, 0.717) is 30.8 Å². The van der Waals surface area contributed by atoms with Crippen LogP contribution in [0.2, 0.25) is 5.02 Å². The van der Waals surface area contributed by atoms with Crippen LogP contribution in [0, 0.1) is 0 Å². The van der Waals surface area contributed by atoms with Crippen LogP contribution in [0.25, 0.3) is 0 Å². The van der Waals surface area contributed by atoms with E-state index in [-0.39, 0.29) is 11.8 Å². The summed E-state index contributed by atoms with van der Waals surface area (Å²) in [7, 11) is 0. The number of nitrogens with zero attached hydrogens (tertiary/aromatic N) is 1. The average molecular weight is 357 g/mol. The van der Waals surface area contributed by atoms with E-state index >= 15 is 0 Å². The van der Waals surface area contributed by atoms with Crippen molar-refractivity contribution in [3.05, 3.63) is 64.7 Å². The van der Waals surface area contributed by atoms with Crippen molar-refractivity contribution in [3.63, 3.8) is 0 Å². The van der Waals surface area contributed by atoms with Crippen molar-refractivity contribution in [2.75, 3.05) is 11.4 Å². The molecular weight excluding hydrogens is 336 g/mol. The standard InChI is InChI=1S/C20H21ClN2O2/c21-17-4-1-3-15(13-17)8-11-19(24)22-14-16-6-9-18(10-7-16)23-12-2-5-20(23)25/h1,3-4,6-7,9-10,13H,2,5,8,11-12,14H2,(H,22,24). The normalized spacial score (nSPS) is 14.0. The molecule has 0 aromatic heterocycles. The topological polar surface area (TPSA) is 49.4 Å². The van der Waals surface area contributed by atoms with Gasteiger partial charge in [0, 0.05) is 36.6 Å². The fourth-order valence-electron chi connectivity index (χ4n) is 2.95. The molecule has 5 heteroatoms. The molecule has 0 atom stereocenters. The van der Waals surface area contributed by atoms with Crippen LogP contribution in [0.15, 0.2) is 48.5 Å². The second-order valence-electron chi connectivity index (χ2n) is 6.22. The van der Waals surface area contributed by atoms with Crippen LogP contribution < -0.4 is 10.2 Å². The van der Waals surface area contributed by atoms with Crippen LogP contribution in [0.1, 0.15) is 30.4 Å². The third kappa shape index (κ3) is 4.83. The Balaban J connectivity index is 1.46. The molecule has 0 unspecified atom stereocenters. The van der Waals surface area contributed by atoms with Crippen molar-refractivity contribution in [1.29, 1.82) is 0 Å². The van der Waals surface area contributed by atoms with Crippen LogP contribution in [-0.4, -0.2) is 18.4 Å². The van der Waals surface area contributed by atoms with Crippen molar-refractivity contribution < 1.29 is 9.59 Å². The maximum absolute atomic E-state index is 12.0. The predicted molar refractivity (Wildman–Crippen MR) is 99.6 cm³/mol. The van der Waals surface area contributed by atoms with E-state index in [1.54, 1.807) is 0 Å². The van der Waals surface area contributed by atoms with E-state index in [1.165, 1.54) is 0 Å². The van der Waals surface area contributed by atoms with Crippen LogP contribution in [-0.2, 0) is 22.6 Å². The smallest absolute Gasteiger partial charge is 0.227 e. The molecule has 1 fully saturated rings. The lowest BCUT2D eigenvalue weighted by atomic mass is 10.1. The van der Waals surface area contributed by atoms with Gasteiger partial charge in [0.15, 0.2) is 0 Å². The first-order valence-corrected chi connectivity index (χ1v) is 8.90. The minimum Gasteiger partial charge on any atom is -0.352 e. The van der Waals surface area contributed by atoms with Crippen LogP contribution in [0.3, 0.4) is 0 Å². The SMILES string of the molecule is O=C(CCc1cccc(Cl)c1)NCc1ccc(N2CCCC2=O)cc1. The Morgan fingerprint density at radius 2 is 1.92 bits per heavy atom. The number of aryl methyl sites for hydroxylation is 1. The van der Waals surface area contributed by atoms with Crippen molar-refractivity contribution >= 4 is 29.1 Å². The number of nitrogens with one attached hydrogen (secondary N) is 1. The third-order valence-electron chi connectivity index (χ3n) is 4.34. The number of halogens is 1. The van der Waals surface area contributed by atoms with Gasteiger partial charge in [-0.2, -0.15) is 0 Å². The molecular formula is C20H21ClN2O2. The van der Waals surface area contributed by atoms with Gasteiger partial charge in [-0.25, -0.2) is 0 Å². The van der Waals surface area contributed by atoms with Gasteiger partial charge >= 0.3 is 0 Å². The van der Waals surface area contributed by atoms with E-state index in [9.17, 15) is 9.59 Å². The molecule has 0 bridgehead atoms. The highest BCUT2D eigenvalue weighted by molar-refractivity contribution is 6.30. The number of carbonyl (C=O) groups is 2. The summed E-state index contributed by atoms with van der Waals surface area (Å²) in [4.78, 5) is 25.6. The van der Waals surface area contributed by atoms with Gasteiger partial charge in [0.1, 0.15) is 0 Å². The van der Waals surface area contributed by atoms with E-state index in [2.05, 4.69) is 5.32 Å². The third-order valence-corrected chi connectivity index (χ3v) is 4.58. The largest absolute Gasteiger partial charge is 0.352 e. The molecule has 1 heterocycles. The summed E-state index contributed by atoms with van der Waals surface area (Å²) < 4.78 is 0. The van der Waals surface area contributed by atoms with E-state index < -0.39 is 0 Å². The Morgan fingerprint density at radius 3 is 2.60 bits per heavy atom. The maximum atomic E-state index is 12.0. The summed E-state index contributed by atoms with van der Waals surface area (Å²) >= 11 is 5.95. The van der Waals surface area contributed by atoms with E-state index in [0.717, 1.165) is 29.8 Å². The van der Waals surface area contributed by atoms with Crippen molar-refractivity contribution in [2.24, 2.45) is 0 Å². The fourth-order valence-corrected chi connectivity index (χ4v) is 3.17. The summed E-state index contributed by atoms with van der Waals surface area (Å²) in [6.07, 6.45) is 2.65. The zero-order valence-corrected chi connectivity index (χ0v) is 14.8. The molecule has 130 valence electrons. The van der Waals surface area contributed by atoms with Crippen LogP contribution in [0.4, 0.5) is 5.69 Å². The van der Waals surface area contributed by atoms with Crippen LogP contribution in [0.5, 0.6) is 0 Å². The minimum absolute atomic E-state index is 0.0128. The van der Waals surface area contributed by atoms with Gasteiger partial charge in [0.25, 0.3) is 0 Å². The zero-order chi connectivity index (χ0) is 17.6. The van der Waals surface area contributed by atoms with Gasteiger partial charge in [0.2, 0.25) is 11.8 Å². The first kappa shape index (κ1) is 17.5. The number of hydrogen-bond acceptors (Lipinski definition) is 2. The second kappa shape index (κ2) is 8.17. The number of anilines is 1. The van der Waals surface area contributed by atoms with Gasteiger partial charge in [0.05, 0.1) is 0 Å². The molecule has 2 aromatic rings. The minimum atomic E-state index is 0.0128. The lowest BCUT2D eigenvalue weighted by molar-refractivity contribution is -0.121. The molecule has 3 rings (SSSR count). The monoisotopic (exact) mass is 356 g/mol.